The molecular weight excluding hydrogens is 1310 g/mol. The van der Waals surface area contributed by atoms with Gasteiger partial charge in [0, 0.05) is 38.0 Å². The van der Waals surface area contributed by atoms with Crippen molar-refractivity contribution in [2.45, 2.75) is 244 Å². The summed E-state index contributed by atoms with van der Waals surface area (Å²) >= 11 is 0. The van der Waals surface area contributed by atoms with Crippen LogP contribution in [0.1, 0.15) is 207 Å². The molecule has 2 aromatic carbocycles. The molecule has 17 heteroatoms. The second-order valence-electron chi connectivity index (χ2n) is 28.4. The van der Waals surface area contributed by atoms with Crippen LogP contribution in [0.2, 0.25) is 0 Å². The van der Waals surface area contributed by atoms with Crippen molar-refractivity contribution < 1.29 is 76.9 Å². The van der Waals surface area contributed by atoms with Gasteiger partial charge in [0.15, 0.2) is 23.6 Å². The molecule has 1 heterocycles. The topological polar surface area (TPSA) is 237 Å². The molecule has 1 saturated heterocycles. The average molecular weight is 1430 g/mol. The van der Waals surface area contributed by atoms with Crippen LogP contribution in [-0.4, -0.2) is 112 Å². The number of esters is 5. The number of aliphatic hydroxyl groups excluding tert-OH is 1. The zero-order valence-electron chi connectivity index (χ0n) is 62.8. The average Bonchev–Trinajstić information content (AvgIpc) is 0.668. The van der Waals surface area contributed by atoms with Gasteiger partial charge in [0.1, 0.15) is 35.6 Å². The summed E-state index contributed by atoms with van der Waals surface area (Å²) in [6.45, 7) is 16.2. The minimum atomic E-state index is -2.52. The third-order valence-electron chi connectivity index (χ3n) is 19.3. The highest BCUT2D eigenvalue weighted by Crippen LogP contribution is 2.65. The van der Waals surface area contributed by atoms with Gasteiger partial charge in [0.05, 0.1) is 29.5 Å². The number of alkyl carbamates (subject to hydrolysis) is 1. The molecule has 3 fully saturated rings. The second kappa shape index (κ2) is 42.3. The molecule has 0 aromatic heterocycles. The van der Waals surface area contributed by atoms with E-state index in [1.165, 1.54) is 26.0 Å². The van der Waals surface area contributed by atoms with Crippen LogP contribution in [0, 0.1) is 16.7 Å². The van der Waals surface area contributed by atoms with Gasteiger partial charge in [0.25, 0.3) is 0 Å². The fraction of sp³-hybridized carbons (Fsp3) is 0.483. The minimum Gasteiger partial charge on any atom is -0.461 e. The zero-order valence-corrected chi connectivity index (χ0v) is 62.8. The Morgan fingerprint density at radius 2 is 1.04 bits per heavy atom. The summed E-state index contributed by atoms with van der Waals surface area (Å²) in [5, 5.41) is 29.2. The van der Waals surface area contributed by atoms with Gasteiger partial charge in [0.2, 0.25) is 0 Å². The first-order valence-electron chi connectivity index (χ1n) is 37.0. The Bertz CT molecular complexity index is 3550. The molecule has 1 aliphatic heterocycles. The van der Waals surface area contributed by atoms with Crippen molar-refractivity contribution in [1.29, 1.82) is 0 Å². The highest BCUT2D eigenvalue weighted by atomic mass is 16.6. The number of allylic oxidation sites excluding steroid dienone is 24. The lowest BCUT2D eigenvalue weighted by atomic mass is 9.44. The fourth-order valence-corrected chi connectivity index (χ4v) is 13.9. The maximum absolute atomic E-state index is 16.9. The van der Waals surface area contributed by atoms with Gasteiger partial charge in [-0.2, -0.15) is 0 Å². The van der Waals surface area contributed by atoms with Crippen LogP contribution in [0.3, 0.4) is 0 Å². The molecule has 4 aliphatic rings. The summed E-state index contributed by atoms with van der Waals surface area (Å²) in [5.74, 6) is -7.13. The SMILES string of the molecule is CC/C=C\C/C=C\C/C=C\C/C=C\C/C=C\C/C=C\CCC(=O)OC1C(=O)C2(C)C(OC(=O)CC/C=C\C/C=C\C/C=C\C/C=C\C/C=C\C/C=C\CC)CC3OCC3(OC(C)=O)C2C(OC(=O)c2ccccc2)C2(O)CC(OC(=O)C(O)C(NC(=O)OC(C)(C)C)c3ccccc3)C(C)=C1C2(C)C. The number of ketones is 1. The Balaban J connectivity index is 1.35. The lowest BCUT2D eigenvalue weighted by molar-refractivity contribution is -0.346. The lowest BCUT2D eigenvalue weighted by Gasteiger charge is -2.67. The van der Waals surface area contributed by atoms with E-state index in [0.717, 1.165) is 64.2 Å². The van der Waals surface area contributed by atoms with Crippen LogP contribution in [0.5, 0.6) is 0 Å². The largest absolute Gasteiger partial charge is 0.461 e. The predicted molar refractivity (Wildman–Crippen MR) is 406 cm³/mol. The summed E-state index contributed by atoms with van der Waals surface area (Å²) in [6.07, 6.45) is 48.2. The Morgan fingerprint density at radius 1 is 0.606 bits per heavy atom. The van der Waals surface area contributed by atoms with Crippen molar-refractivity contribution in [3.8, 4) is 0 Å². The molecule has 2 saturated carbocycles. The van der Waals surface area contributed by atoms with E-state index in [2.05, 4.69) is 129 Å². The van der Waals surface area contributed by atoms with Crippen molar-refractivity contribution in [3.63, 3.8) is 0 Å². The summed E-state index contributed by atoms with van der Waals surface area (Å²) in [5.41, 5.74) is -8.91. The number of benzene rings is 2. The number of rotatable bonds is 38. The van der Waals surface area contributed by atoms with E-state index in [-0.39, 0.29) is 55.4 Å². The van der Waals surface area contributed by atoms with E-state index in [0.29, 0.717) is 18.4 Å². The number of Topliss-reactive ketones (excluding diaryl/α,β-unsaturated/α-hetero) is 1. The summed E-state index contributed by atoms with van der Waals surface area (Å²) < 4.78 is 44.3. The van der Waals surface area contributed by atoms with Crippen molar-refractivity contribution in [2.75, 3.05) is 6.61 Å². The number of hydrogen-bond acceptors (Lipinski definition) is 16. The number of amides is 1. The Hall–Kier alpha value is -8.77. The van der Waals surface area contributed by atoms with E-state index in [9.17, 15) is 34.2 Å². The van der Waals surface area contributed by atoms with E-state index in [1.54, 1.807) is 90.1 Å². The molecule has 17 nitrogen and oxygen atoms in total. The van der Waals surface area contributed by atoms with Crippen molar-refractivity contribution in [2.24, 2.45) is 16.7 Å². The van der Waals surface area contributed by atoms with Gasteiger partial charge in [-0.15, -0.1) is 0 Å². The van der Waals surface area contributed by atoms with Crippen LogP contribution in [0.4, 0.5) is 4.79 Å². The molecule has 0 spiro atoms. The van der Waals surface area contributed by atoms with E-state index in [4.69, 9.17) is 33.2 Å². The van der Waals surface area contributed by atoms with Crippen molar-refractivity contribution in [3.05, 3.63) is 229 Å². The summed E-state index contributed by atoms with van der Waals surface area (Å²) in [6, 6.07) is 14.6. The van der Waals surface area contributed by atoms with E-state index < -0.39 is 124 Å². The monoisotopic (exact) mass is 1430 g/mol. The maximum Gasteiger partial charge on any atom is 0.408 e. The first kappa shape index (κ1) is 84.2. The Kier molecular flexibility index (Phi) is 34.2. The number of hydrogen-bond donors (Lipinski definition) is 3. The first-order chi connectivity index (χ1) is 49.9. The van der Waals surface area contributed by atoms with Gasteiger partial charge < -0.3 is 48.7 Å². The standard InChI is InChI=1S/C87H113NO16/c1-11-13-15-17-19-21-23-25-27-29-31-33-35-37-39-41-43-45-53-59-71(90)100-69-61-70-86(63-98-70,103-65(4)89)77-79(102-80(94)67-57-51-48-52-58-67)87(97)62-68(99-81(95)75(92)74(66-55-49-47-50-56-66)88-82(96)104-83(5,6)7)64(3)73(84(87,8)9)76(78(93)85(69,77)10)101-72(91)60-54-46-44-42-40-38-36-34-32-30-28-26-24-22-20-18-16-14-12-2/h13-16,19-22,25-28,31-34,37-40,43-52,55-58,68-70,74-77,79,92,97H,11-12,17-18,23-24,29-30,35-36,41-42,53-54,59-63H2,1-10H3,(H,88,96)/b15-13-,16-14-,21-19-,22-20-,27-25-,28-26-,33-31-,34-32-,39-37-,40-38-,45-43-,46-44-. The lowest BCUT2D eigenvalue weighted by Crippen LogP contribution is -2.82. The van der Waals surface area contributed by atoms with Crippen LogP contribution in [0.25, 0.3) is 0 Å². The van der Waals surface area contributed by atoms with Crippen LogP contribution in [0.15, 0.2) is 218 Å². The van der Waals surface area contributed by atoms with Gasteiger partial charge in [-0.3, -0.25) is 19.2 Å². The number of nitrogens with one attached hydrogen (secondary N) is 1. The molecule has 3 N–H and O–H groups in total. The molecule has 3 aliphatic carbocycles. The third kappa shape index (κ3) is 24.1. The van der Waals surface area contributed by atoms with Gasteiger partial charge in [-0.05, 0) is 153 Å². The molecule has 0 radical (unpaired) electrons. The molecule has 11 atom stereocenters. The van der Waals surface area contributed by atoms with E-state index in [1.807, 2.05) is 36.5 Å². The molecule has 1 amide bonds. The quantitative estimate of drug-likeness (QED) is 0.0322. The molecule has 562 valence electrons. The van der Waals surface area contributed by atoms with Crippen LogP contribution >= 0.6 is 0 Å². The normalized spacial score (nSPS) is 24.9. The number of aliphatic hydroxyl groups is 2. The molecule has 2 bridgehead atoms. The smallest absolute Gasteiger partial charge is 0.408 e. The second-order valence-corrected chi connectivity index (χ2v) is 28.4. The number of carbonyl (C=O) groups excluding carboxylic acids is 7. The highest BCUT2D eigenvalue weighted by molar-refractivity contribution is 5.96. The summed E-state index contributed by atoms with van der Waals surface area (Å²) in [7, 11) is 0. The van der Waals surface area contributed by atoms with Gasteiger partial charge in [-0.1, -0.05) is 222 Å². The maximum atomic E-state index is 16.9. The third-order valence-corrected chi connectivity index (χ3v) is 19.3. The Morgan fingerprint density at radius 3 is 1.46 bits per heavy atom. The Labute approximate surface area is 617 Å². The molecule has 104 heavy (non-hydrogen) atoms. The molecule has 6 rings (SSSR count). The first-order valence-corrected chi connectivity index (χ1v) is 37.0. The fourth-order valence-electron chi connectivity index (χ4n) is 13.9. The number of fused-ring (bicyclic) bond motifs is 5. The predicted octanol–water partition coefficient (Wildman–Crippen LogP) is 17.3. The molecule has 11 unspecified atom stereocenters. The van der Waals surface area contributed by atoms with Crippen molar-refractivity contribution >= 4 is 41.7 Å². The van der Waals surface area contributed by atoms with Gasteiger partial charge in [-0.25, -0.2) is 14.4 Å². The highest BCUT2D eigenvalue weighted by Gasteiger charge is 2.79. The summed E-state index contributed by atoms with van der Waals surface area (Å²) in [4.78, 5) is 103. The number of carbonyl (C=O) groups is 7. The minimum absolute atomic E-state index is 0.0333. The van der Waals surface area contributed by atoms with Crippen molar-refractivity contribution in [1.82, 2.24) is 5.32 Å². The molecule has 2 aromatic rings. The molecular formula is C87H113NO16. The van der Waals surface area contributed by atoms with Gasteiger partial charge >= 0.3 is 35.9 Å². The van der Waals surface area contributed by atoms with Crippen LogP contribution in [-0.2, 0) is 57.1 Å². The number of ether oxygens (including phenoxy) is 7. The van der Waals surface area contributed by atoms with E-state index >= 15 is 9.59 Å². The van der Waals surface area contributed by atoms with Crippen LogP contribution < -0.4 is 5.32 Å². The zero-order chi connectivity index (χ0) is 75.6.